The van der Waals surface area contributed by atoms with Gasteiger partial charge in [-0.3, -0.25) is 4.90 Å². The Morgan fingerprint density at radius 1 is 1.19 bits per heavy atom. The molecule has 3 rings (SSSR count). The fourth-order valence-corrected chi connectivity index (χ4v) is 2.74. The van der Waals surface area contributed by atoms with Crippen LogP contribution in [-0.4, -0.2) is 24.0 Å². The fraction of sp³-hybridized carbons (Fsp3) is 0.444. The summed E-state index contributed by atoms with van der Waals surface area (Å²) in [5, 5.41) is 3.68. The first kappa shape index (κ1) is 14.4. The van der Waals surface area contributed by atoms with Gasteiger partial charge < -0.3 is 9.73 Å². The minimum absolute atomic E-state index is 0.391. The third-order valence-corrected chi connectivity index (χ3v) is 4.15. The second-order valence-electron chi connectivity index (χ2n) is 5.75. The molecule has 3 heteroatoms. The van der Waals surface area contributed by atoms with Gasteiger partial charge in [-0.1, -0.05) is 37.3 Å². The van der Waals surface area contributed by atoms with Crippen LogP contribution in [0.25, 0.3) is 0 Å². The lowest BCUT2D eigenvalue weighted by molar-refractivity contribution is 0.179. The van der Waals surface area contributed by atoms with E-state index in [2.05, 4.69) is 53.5 Å². The minimum Gasteiger partial charge on any atom is -0.468 e. The highest BCUT2D eigenvalue weighted by Gasteiger charge is 2.25. The maximum atomic E-state index is 5.53. The zero-order valence-corrected chi connectivity index (χ0v) is 12.7. The smallest absolute Gasteiger partial charge is 0.117 e. The Hall–Kier alpha value is -1.58. The summed E-state index contributed by atoms with van der Waals surface area (Å²) in [6.07, 6.45) is 4.40. The summed E-state index contributed by atoms with van der Waals surface area (Å²) in [7, 11) is 0. The average molecular weight is 284 g/mol. The van der Waals surface area contributed by atoms with E-state index in [1.807, 2.05) is 6.07 Å². The highest BCUT2D eigenvalue weighted by Crippen LogP contribution is 2.25. The maximum Gasteiger partial charge on any atom is 0.117 e. The Labute approximate surface area is 127 Å². The zero-order chi connectivity index (χ0) is 14.5. The molecular formula is C18H24N2O. The molecule has 3 nitrogen and oxygen atoms in total. The van der Waals surface area contributed by atoms with E-state index in [9.17, 15) is 0 Å². The molecule has 1 atom stereocenters. The van der Waals surface area contributed by atoms with Gasteiger partial charge in [-0.25, -0.2) is 0 Å². The lowest BCUT2D eigenvalue weighted by atomic mass is 10.0. The maximum absolute atomic E-state index is 5.53. The Morgan fingerprint density at radius 3 is 2.62 bits per heavy atom. The largest absolute Gasteiger partial charge is 0.468 e. The molecule has 0 radical (unpaired) electrons. The van der Waals surface area contributed by atoms with Crippen molar-refractivity contribution in [2.75, 3.05) is 13.1 Å². The van der Waals surface area contributed by atoms with Crippen LogP contribution in [0.4, 0.5) is 0 Å². The van der Waals surface area contributed by atoms with Crippen molar-refractivity contribution in [3.8, 4) is 0 Å². The van der Waals surface area contributed by atoms with Gasteiger partial charge in [-0.2, -0.15) is 0 Å². The molecule has 0 aliphatic heterocycles. The quantitative estimate of drug-likeness (QED) is 0.803. The fourth-order valence-electron chi connectivity index (χ4n) is 2.74. The van der Waals surface area contributed by atoms with Gasteiger partial charge >= 0.3 is 0 Å². The van der Waals surface area contributed by atoms with Gasteiger partial charge in [0.2, 0.25) is 0 Å². The van der Waals surface area contributed by atoms with Crippen LogP contribution in [0.2, 0.25) is 0 Å². The Kier molecular flexibility index (Phi) is 4.73. The molecule has 1 aliphatic carbocycles. The number of nitrogens with one attached hydrogen (secondary N) is 1. The van der Waals surface area contributed by atoms with Crippen molar-refractivity contribution in [1.82, 2.24) is 10.2 Å². The molecule has 21 heavy (non-hydrogen) atoms. The van der Waals surface area contributed by atoms with Crippen LogP contribution in [0.3, 0.4) is 0 Å². The Balaban J connectivity index is 1.74. The number of benzene rings is 1. The second kappa shape index (κ2) is 6.92. The van der Waals surface area contributed by atoms with E-state index >= 15 is 0 Å². The van der Waals surface area contributed by atoms with Crippen LogP contribution in [0.15, 0.2) is 53.1 Å². The van der Waals surface area contributed by atoms with Crippen molar-refractivity contribution in [3.05, 3.63) is 60.1 Å². The summed E-state index contributed by atoms with van der Waals surface area (Å²) in [4.78, 5) is 2.48. The lowest BCUT2D eigenvalue weighted by Gasteiger charge is -2.31. The molecule has 2 aromatic rings. The van der Waals surface area contributed by atoms with Crippen LogP contribution in [0.1, 0.15) is 37.1 Å². The summed E-state index contributed by atoms with van der Waals surface area (Å²) in [6, 6.07) is 15.9. The molecule has 1 unspecified atom stereocenters. The SMILES string of the molecule is CCN(Cc1ccco1)C(CNC1CC1)c1ccccc1. The molecule has 1 aromatic heterocycles. The van der Waals surface area contributed by atoms with E-state index in [1.165, 1.54) is 18.4 Å². The minimum atomic E-state index is 0.391. The van der Waals surface area contributed by atoms with E-state index in [-0.39, 0.29) is 0 Å². The normalized spacial score (nSPS) is 16.3. The molecule has 1 N–H and O–H groups in total. The van der Waals surface area contributed by atoms with Gasteiger partial charge in [0.25, 0.3) is 0 Å². The van der Waals surface area contributed by atoms with Gasteiger partial charge in [0, 0.05) is 18.6 Å². The highest BCUT2D eigenvalue weighted by molar-refractivity contribution is 5.20. The average Bonchev–Trinajstić information content (AvgIpc) is 3.21. The number of nitrogens with zero attached hydrogens (tertiary/aromatic N) is 1. The van der Waals surface area contributed by atoms with E-state index in [1.54, 1.807) is 6.26 Å². The predicted octanol–water partition coefficient (Wildman–Crippen LogP) is 3.59. The molecule has 0 amide bonds. The van der Waals surface area contributed by atoms with Crippen molar-refractivity contribution in [2.45, 2.75) is 38.4 Å². The molecule has 1 saturated carbocycles. The Bertz CT molecular complexity index is 519. The first-order valence-electron chi connectivity index (χ1n) is 7.91. The Morgan fingerprint density at radius 2 is 2.00 bits per heavy atom. The van der Waals surface area contributed by atoms with E-state index in [0.29, 0.717) is 6.04 Å². The van der Waals surface area contributed by atoms with Crippen molar-refractivity contribution >= 4 is 0 Å². The van der Waals surface area contributed by atoms with Gasteiger partial charge in [0.1, 0.15) is 5.76 Å². The molecule has 1 heterocycles. The zero-order valence-electron chi connectivity index (χ0n) is 12.7. The first-order chi connectivity index (χ1) is 10.4. The first-order valence-corrected chi connectivity index (χ1v) is 7.91. The van der Waals surface area contributed by atoms with Gasteiger partial charge in [0.15, 0.2) is 0 Å². The topological polar surface area (TPSA) is 28.4 Å². The predicted molar refractivity (Wildman–Crippen MR) is 85.0 cm³/mol. The molecule has 1 fully saturated rings. The summed E-state index contributed by atoms with van der Waals surface area (Å²) < 4.78 is 5.53. The molecule has 0 spiro atoms. The van der Waals surface area contributed by atoms with Crippen LogP contribution < -0.4 is 5.32 Å². The van der Waals surface area contributed by atoms with Crippen molar-refractivity contribution in [2.24, 2.45) is 0 Å². The summed E-state index contributed by atoms with van der Waals surface area (Å²) in [6.45, 7) is 5.08. The third-order valence-electron chi connectivity index (χ3n) is 4.15. The van der Waals surface area contributed by atoms with Crippen molar-refractivity contribution < 1.29 is 4.42 Å². The van der Waals surface area contributed by atoms with Crippen LogP contribution in [0, 0.1) is 0 Å². The van der Waals surface area contributed by atoms with Crippen molar-refractivity contribution in [1.29, 1.82) is 0 Å². The van der Waals surface area contributed by atoms with Gasteiger partial charge in [0.05, 0.1) is 12.8 Å². The molecule has 1 aromatic carbocycles. The third kappa shape index (κ3) is 3.96. The number of hydrogen-bond donors (Lipinski definition) is 1. The van der Waals surface area contributed by atoms with E-state index < -0.39 is 0 Å². The number of hydrogen-bond acceptors (Lipinski definition) is 3. The van der Waals surface area contributed by atoms with Crippen LogP contribution >= 0.6 is 0 Å². The van der Waals surface area contributed by atoms with Crippen molar-refractivity contribution in [3.63, 3.8) is 0 Å². The van der Waals surface area contributed by atoms with Gasteiger partial charge in [-0.15, -0.1) is 0 Å². The molecular weight excluding hydrogens is 260 g/mol. The number of rotatable bonds is 8. The van der Waals surface area contributed by atoms with Gasteiger partial charge in [-0.05, 0) is 37.1 Å². The summed E-state index contributed by atoms with van der Waals surface area (Å²) >= 11 is 0. The number of likely N-dealkylation sites (N-methyl/N-ethyl adjacent to an activating group) is 1. The highest BCUT2D eigenvalue weighted by atomic mass is 16.3. The molecule has 112 valence electrons. The monoisotopic (exact) mass is 284 g/mol. The number of furan rings is 1. The lowest BCUT2D eigenvalue weighted by Crippen LogP contribution is -2.36. The van der Waals surface area contributed by atoms with Crippen LogP contribution in [0.5, 0.6) is 0 Å². The second-order valence-corrected chi connectivity index (χ2v) is 5.75. The standard InChI is InChI=1S/C18H24N2O/c1-2-20(14-17-9-6-12-21-17)18(13-19-16-10-11-16)15-7-4-3-5-8-15/h3-9,12,16,18-19H,2,10-11,13-14H2,1H3. The molecule has 0 saturated heterocycles. The van der Waals surface area contributed by atoms with E-state index in [0.717, 1.165) is 31.4 Å². The summed E-state index contributed by atoms with van der Waals surface area (Å²) in [5.74, 6) is 1.03. The van der Waals surface area contributed by atoms with E-state index in [4.69, 9.17) is 4.42 Å². The van der Waals surface area contributed by atoms with Crippen LogP contribution in [-0.2, 0) is 6.54 Å². The molecule has 0 bridgehead atoms. The summed E-state index contributed by atoms with van der Waals surface area (Å²) in [5.41, 5.74) is 1.37. The molecule has 1 aliphatic rings.